The molecule has 10 nitrogen and oxygen atoms in total. The molecular formula is C21H22ClN3O7S. The highest BCUT2D eigenvalue weighted by atomic mass is 35.5. The van der Waals surface area contributed by atoms with Crippen LogP contribution in [0.25, 0.3) is 0 Å². The molecule has 12 heteroatoms. The second kappa shape index (κ2) is 10.3. The van der Waals surface area contributed by atoms with Crippen LogP contribution in [0.4, 0.5) is 11.4 Å². The van der Waals surface area contributed by atoms with Crippen molar-refractivity contribution in [2.45, 2.75) is 31.1 Å². The summed E-state index contributed by atoms with van der Waals surface area (Å²) in [6, 6.07) is 7.90. The summed E-state index contributed by atoms with van der Waals surface area (Å²) in [5.41, 5.74) is 0.374. The largest absolute Gasteiger partial charge is 0.452 e. The van der Waals surface area contributed by atoms with Crippen LogP contribution in [0, 0.1) is 17.0 Å². The molecule has 0 bridgehead atoms. The third-order valence-corrected chi connectivity index (χ3v) is 7.50. The lowest BCUT2D eigenvalue weighted by atomic mass is 10.2. The van der Waals surface area contributed by atoms with Gasteiger partial charge in [0.1, 0.15) is 4.90 Å². The fraction of sp³-hybridized carbons (Fsp3) is 0.333. The van der Waals surface area contributed by atoms with Crippen LogP contribution in [0.5, 0.6) is 0 Å². The number of nitrogens with one attached hydrogen (secondary N) is 1. The standard InChI is InChI=1S/C21H22ClN3O7S/c1-14-5-7-16(12-18(14)25(28)29)23-20(26)13-32-21(27)15-6-8-17(22)19(11-15)33(30,31)24-9-3-2-4-10-24/h5-8,11-12H,2-4,9-10,13H2,1H3,(H,23,26). The molecule has 1 heterocycles. The fourth-order valence-electron chi connectivity index (χ4n) is 3.37. The topological polar surface area (TPSA) is 136 Å². The van der Waals surface area contributed by atoms with E-state index < -0.39 is 33.4 Å². The van der Waals surface area contributed by atoms with Gasteiger partial charge in [-0.2, -0.15) is 4.31 Å². The number of nitrogens with zero attached hydrogens (tertiary/aromatic N) is 2. The Bertz CT molecular complexity index is 1190. The van der Waals surface area contributed by atoms with Gasteiger partial charge >= 0.3 is 5.97 Å². The number of halogens is 1. The second-order valence-corrected chi connectivity index (χ2v) is 9.81. The van der Waals surface area contributed by atoms with Crippen molar-refractivity contribution in [3.63, 3.8) is 0 Å². The van der Waals surface area contributed by atoms with Gasteiger partial charge < -0.3 is 10.1 Å². The predicted molar refractivity (Wildman–Crippen MR) is 121 cm³/mol. The number of hydrogen-bond donors (Lipinski definition) is 1. The Hall–Kier alpha value is -3.02. The lowest BCUT2D eigenvalue weighted by Crippen LogP contribution is -2.35. The number of nitro groups is 1. The van der Waals surface area contributed by atoms with Gasteiger partial charge in [-0.15, -0.1) is 0 Å². The molecule has 0 spiro atoms. The molecule has 1 saturated heterocycles. The van der Waals surface area contributed by atoms with E-state index in [1.165, 1.54) is 34.6 Å². The third-order valence-electron chi connectivity index (χ3n) is 5.12. The van der Waals surface area contributed by atoms with E-state index >= 15 is 0 Å². The Morgan fingerprint density at radius 3 is 2.52 bits per heavy atom. The second-order valence-electron chi connectivity index (χ2n) is 7.49. The highest BCUT2D eigenvalue weighted by molar-refractivity contribution is 7.89. The summed E-state index contributed by atoms with van der Waals surface area (Å²) < 4.78 is 32.2. The van der Waals surface area contributed by atoms with Crippen molar-refractivity contribution >= 4 is 44.9 Å². The van der Waals surface area contributed by atoms with Crippen molar-refractivity contribution < 1.29 is 27.7 Å². The number of carbonyl (C=O) groups excluding carboxylic acids is 2. The van der Waals surface area contributed by atoms with E-state index in [-0.39, 0.29) is 26.9 Å². The first-order valence-corrected chi connectivity index (χ1v) is 11.9. The monoisotopic (exact) mass is 495 g/mol. The zero-order chi connectivity index (χ0) is 24.2. The van der Waals surface area contributed by atoms with Crippen LogP contribution in [0.15, 0.2) is 41.3 Å². The van der Waals surface area contributed by atoms with Gasteiger partial charge in [0.05, 0.1) is 15.5 Å². The number of ether oxygens (including phenoxy) is 1. The maximum Gasteiger partial charge on any atom is 0.338 e. The van der Waals surface area contributed by atoms with Crippen LogP contribution in [-0.4, -0.2) is 49.2 Å². The third kappa shape index (κ3) is 5.86. The summed E-state index contributed by atoms with van der Waals surface area (Å²) in [5, 5.41) is 13.4. The number of carbonyl (C=O) groups is 2. The quantitative estimate of drug-likeness (QED) is 0.352. The molecule has 0 aromatic heterocycles. The van der Waals surface area contributed by atoms with E-state index in [2.05, 4.69) is 5.32 Å². The van der Waals surface area contributed by atoms with E-state index in [1.807, 2.05) is 0 Å². The van der Waals surface area contributed by atoms with Crippen LogP contribution in [0.1, 0.15) is 35.2 Å². The van der Waals surface area contributed by atoms with Crippen LogP contribution < -0.4 is 5.32 Å². The Balaban J connectivity index is 1.67. The molecule has 2 aromatic carbocycles. The number of aryl methyl sites for hydroxylation is 1. The number of sulfonamides is 1. The summed E-state index contributed by atoms with van der Waals surface area (Å²) in [7, 11) is -3.88. The Morgan fingerprint density at radius 1 is 1.15 bits per heavy atom. The molecule has 1 fully saturated rings. The molecule has 3 rings (SSSR count). The van der Waals surface area contributed by atoms with Crippen LogP contribution in [-0.2, 0) is 19.6 Å². The van der Waals surface area contributed by atoms with E-state index in [0.29, 0.717) is 18.7 Å². The number of rotatable bonds is 7. The first-order valence-electron chi connectivity index (χ1n) is 10.1. The molecule has 0 unspecified atom stereocenters. The van der Waals surface area contributed by atoms with Crippen LogP contribution >= 0.6 is 11.6 Å². The number of esters is 1. The molecule has 176 valence electrons. The predicted octanol–water partition coefficient (Wildman–Crippen LogP) is 3.53. The number of amides is 1. The summed E-state index contributed by atoms with van der Waals surface area (Å²) in [4.78, 5) is 34.8. The van der Waals surface area contributed by atoms with Crippen molar-refractivity contribution in [2.75, 3.05) is 25.0 Å². The van der Waals surface area contributed by atoms with Crippen molar-refractivity contribution in [3.05, 3.63) is 62.7 Å². The molecule has 1 amide bonds. The first kappa shape index (κ1) is 24.6. The Labute approximate surface area is 195 Å². The molecule has 2 aromatic rings. The smallest absolute Gasteiger partial charge is 0.338 e. The summed E-state index contributed by atoms with van der Waals surface area (Å²) >= 11 is 6.10. The minimum absolute atomic E-state index is 0.0177. The van der Waals surface area contributed by atoms with Crippen molar-refractivity contribution in [1.29, 1.82) is 0 Å². The van der Waals surface area contributed by atoms with Crippen LogP contribution in [0.2, 0.25) is 5.02 Å². The van der Waals surface area contributed by atoms with E-state index in [1.54, 1.807) is 6.92 Å². The first-order chi connectivity index (χ1) is 15.6. The van der Waals surface area contributed by atoms with Crippen molar-refractivity contribution in [3.8, 4) is 0 Å². The van der Waals surface area contributed by atoms with Gasteiger partial charge in [0.25, 0.3) is 11.6 Å². The molecule has 0 aliphatic carbocycles. The van der Waals surface area contributed by atoms with Crippen LogP contribution in [0.3, 0.4) is 0 Å². The number of benzene rings is 2. The van der Waals surface area contributed by atoms with Gasteiger partial charge in [0.15, 0.2) is 6.61 Å². The highest BCUT2D eigenvalue weighted by Crippen LogP contribution is 2.28. The Kier molecular flexibility index (Phi) is 7.67. The molecule has 0 atom stereocenters. The summed E-state index contributed by atoms with van der Waals surface area (Å²) in [6.45, 7) is 1.66. The lowest BCUT2D eigenvalue weighted by Gasteiger charge is -2.26. The maximum atomic E-state index is 12.9. The lowest BCUT2D eigenvalue weighted by molar-refractivity contribution is -0.385. The molecule has 0 radical (unpaired) electrons. The molecule has 1 N–H and O–H groups in total. The average molecular weight is 496 g/mol. The van der Waals surface area contributed by atoms with Gasteiger partial charge in [0.2, 0.25) is 10.0 Å². The highest BCUT2D eigenvalue weighted by Gasteiger charge is 2.29. The zero-order valence-corrected chi connectivity index (χ0v) is 19.3. The van der Waals surface area contributed by atoms with Gasteiger partial charge in [-0.05, 0) is 44.0 Å². The molecule has 0 saturated carbocycles. The maximum absolute atomic E-state index is 12.9. The number of hydrogen-bond acceptors (Lipinski definition) is 7. The van der Waals surface area contributed by atoms with Crippen molar-refractivity contribution in [2.24, 2.45) is 0 Å². The zero-order valence-electron chi connectivity index (χ0n) is 17.7. The van der Waals surface area contributed by atoms with E-state index in [9.17, 15) is 28.1 Å². The van der Waals surface area contributed by atoms with Gasteiger partial charge in [0, 0.05) is 30.4 Å². The fourth-order valence-corrected chi connectivity index (χ4v) is 5.39. The van der Waals surface area contributed by atoms with E-state index in [4.69, 9.17) is 16.3 Å². The normalized spacial score (nSPS) is 14.5. The molecule has 33 heavy (non-hydrogen) atoms. The number of anilines is 1. The summed E-state index contributed by atoms with van der Waals surface area (Å²) in [5.74, 6) is -1.62. The Morgan fingerprint density at radius 2 is 1.85 bits per heavy atom. The molecule has 1 aliphatic rings. The van der Waals surface area contributed by atoms with Gasteiger partial charge in [-0.1, -0.05) is 24.1 Å². The minimum Gasteiger partial charge on any atom is -0.452 e. The SMILES string of the molecule is Cc1ccc(NC(=O)COC(=O)c2ccc(Cl)c(S(=O)(=O)N3CCCCC3)c2)cc1[N+](=O)[O-]. The van der Waals surface area contributed by atoms with E-state index in [0.717, 1.165) is 25.3 Å². The minimum atomic E-state index is -3.88. The summed E-state index contributed by atoms with van der Waals surface area (Å²) in [6.07, 6.45) is 2.44. The van der Waals surface area contributed by atoms with Crippen molar-refractivity contribution in [1.82, 2.24) is 4.31 Å². The average Bonchev–Trinajstić information content (AvgIpc) is 2.79. The molecule has 1 aliphatic heterocycles. The number of nitro benzene ring substituents is 1. The van der Waals surface area contributed by atoms with Gasteiger partial charge in [-0.25, -0.2) is 13.2 Å². The van der Waals surface area contributed by atoms with Gasteiger partial charge in [-0.3, -0.25) is 14.9 Å². The number of piperidine rings is 1. The molecular weight excluding hydrogens is 474 g/mol.